The van der Waals surface area contributed by atoms with Crippen LogP contribution in [0.4, 0.5) is 0 Å². The van der Waals surface area contributed by atoms with Crippen molar-refractivity contribution in [3.8, 4) is 0 Å². The van der Waals surface area contributed by atoms with Gasteiger partial charge in [-0.15, -0.1) is 4.68 Å². The fraction of sp³-hybridized carbons (Fsp3) is 0.368. The number of aromatic nitrogens is 3. The van der Waals surface area contributed by atoms with E-state index in [0.717, 1.165) is 12.2 Å². The summed E-state index contributed by atoms with van der Waals surface area (Å²) in [6.07, 6.45) is 4.18. The molecule has 3 aromatic rings. The molecular weight excluding hydrogens is 270 g/mol. The molecule has 1 N–H and O–H groups in total. The summed E-state index contributed by atoms with van der Waals surface area (Å²) in [7, 11) is 0. The monoisotopic (exact) mass is 294 g/mol. The molecule has 1 atom stereocenters. The first-order valence-corrected chi connectivity index (χ1v) is 7.97. The number of fused-ring (bicyclic) bond motifs is 1. The minimum absolute atomic E-state index is 0.427. The Bertz CT molecular complexity index is 769. The summed E-state index contributed by atoms with van der Waals surface area (Å²) in [5.74, 6) is 0.981. The number of hydrogen-bond acceptors (Lipinski definition) is 1. The van der Waals surface area contributed by atoms with Crippen molar-refractivity contribution < 1.29 is 4.68 Å². The van der Waals surface area contributed by atoms with Crippen molar-refractivity contribution in [2.75, 3.05) is 0 Å². The van der Waals surface area contributed by atoms with Crippen molar-refractivity contribution in [3.05, 3.63) is 59.5 Å². The fourth-order valence-corrected chi connectivity index (χ4v) is 2.77. The molecule has 0 bridgehead atoms. The zero-order chi connectivity index (χ0) is 15.7. The van der Waals surface area contributed by atoms with E-state index in [9.17, 15) is 0 Å². The lowest BCUT2D eigenvalue weighted by molar-refractivity contribution is -0.750. The van der Waals surface area contributed by atoms with Crippen molar-refractivity contribution in [2.45, 2.75) is 46.1 Å². The summed E-state index contributed by atoms with van der Waals surface area (Å²) in [6, 6.07) is 10.9. The van der Waals surface area contributed by atoms with Crippen LogP contribution in [0.5, 0.6) is 0 Å². The standard InChI is InChI=1S/C19H23N3/c1-13(2)16-7-8-18-12-22(21-19(18)9-16)11-14(3)17-6-5-15(4)20-10-17/h5-10,12-14H,11H2,1-4H3/p+1. The van der Waals surface area contributed by atoms with Crippen LogP contribution in [0.1, 0.15) is 49.4 Å². The lowest BCUT2D eigenvalue weighted by atomic mass is 10.0. The lowest BCUT2D eigenvalue weighted by Crippen LogP contribution is -2.37. The van der Waals surface area contributed by atoms with Gasteiger partial charge >= 0.3 is 0 Å². The van der Waals surface area contributed by atoms with Gasteiger partial charge in [-0.25, -0.2) is 0 Å². The van der Waals surface area contributed by atoms with Gasteiger partial charge in [-0.3, -0.25) is 4.98 Å². The van der Waals surface area contributed by atoms with Crippen LogP contribution in [0.25, 0.3) is 10.9 Å². The molecule has 0 radical (unpaired) electrons. The molecule has 0 amide bonds. The number of nitrogens with one attached hydrogen (secondary N) is 1. The van der Waals surface area contributed by atoms with Crippen LogP contribution in [-0.2, 0) is 6.54 Å². The maximum Gasteiger partial charge on any atom is 0.203 e. The molecule has 0 aliphatic rings. The SMILES string of the molecule is Cc1ccc(C(C)C[n+]2cc3ccc(C(C)C)cc3[nH]2)cn1. The molecule has 2 aromatic heterocycles. The largest absolute Gasteiger partial charge is 0.261 e. The molecule has 3 heteroatoms. The Balaban J connectivity index is 1.82. The van der Waals surface area contributed by atoms with E-state index in [4.69, 9.17) is 0 Å². The topological polar surface area (TPSA) is 32.6 Å². The maximum atomic E-state index is 4.40. The van der Waals surface area contributed by atoms with Crippen LogP contribution in [-0.4, -0.2) is 10.1 Å². The first-order chi connectivity index (χ1) is 10.5. The van der Waals surface area contributed by atoms with E-state index in [1.807, 2.05) is 13.1 Å². The van der Waals surface area contributed by atoms with Crippen LogP contribution in [0, 0.1) is 6.92 Å². The van der Waals surface area contributed by atoms with E-state index in [1.54, 1.807) is 0 Å². The normalized spacial score (nSPS) is 13.0. The highest BCUT2D eigenvalue weighted by molar-refractivity contribution is 5.77. The van der Waals surface area contributed by atoms with Crippen molar-refractivity contribution in [1.82, 2.24) is 10.1 Å². The summed E-state index contributed by atoms with van der Waals surface area (Å²) < 4.78 is 2.18. The van der Waals surface area contributed by atoms with Crippen LogP contribution < -0.4 is 4.68 Å². The second kappa shape index (κ2) is 5.91. The molecule has 0 saturated carbocycles. The van der Waals surface area contributed by atoms with Crippen LogP contribution in [0.15, 0.2) is 42.7 Å². The number of H-pyrrole nitrogens is 1. The molecular formula is C19H24N3+. The van der Waals surface area contributed by atoms with Crippen molar-refractivity contribution in [1.29, 1.82) is 0 Å². The molecule has 1 aromatic carbocycles. The third-order valence-electron chi connectivity index (χ3n) is 4.28. The van der Waals surface area contributed by atoms with E-state index >= 15 is 0 Å². The minimum atomic E-state index is 0.427. The van der Waals surface area contributed by atoms with Crippen LogP contribution in [0.2, 0.25) is 0 Å². The predicted molar refractivity (Wildman–Crippen MR) is 90.0 cm³/mol. The van der Waals surface area contributed by atoms with E-state index < -0.39 is 0 Å². The van der Waals surface area contributed by atoms with Crippen molar-refractivity contribution >= 4 is 10.9 Å². The highest BCUT2D eigenvalue weighted by Gasteiger charge is 2.15. The zero-order valence-electron chi connectivity index (χ0n) is 13.8. The quantitative estimate of drug-likeness (QED) is 0.722. The number of pyridine rings is 1. The van der Waals surface area contributed by atoms with Gasteiger partial charge in [-0.05, 0) is 42.2 Å². The van der Waals surface area contributed by atoms with Gasteiger partial charge in [0.1, 0.15) is 5.52 Å². The first-order valence-electron chi connectivity index (χ1n) is 7.97. The number of benzene rings is 1. The van der Waals surface area contributed by atoms with Crippen LogP contribution in [0.3, 0.4) is 0 Å². The Morgan fingerprint density at radius 1 is 1.09 bits per heavy atom. The molecule has 1 unspecified atom stereocenters. The maximum absolute atomic E-state index is 4.40. The molecule has 22 heavy (non-hydrogen) atoms. The first kappa shape index (κ1) is 14.8. The van der Waals surface area contributed by atoms with Gasteiger partial charge in [0.2, 0.25) is 6.20 Å². The van der Waals surface area contributed by atoms with Crippen molar-refractivity contribution in [3.63, 3.8) is 0 Å². The summed E-state index contributed by atoms with van der Waals surface area (Å²) >= 11 is 0. The van der Waals surface area contributed by atoms with Gasteiger partial charge in [-0.2, -0.15) is 5.10 Å². The Kier molecular flexibility index (Phi) is 3.97. The second-order valence-electron chi connectivity index (χ2n) is 6.53. The van der Waals surface area contributed by atoms with Gasteiger partial charge in [0.25, 0.3) is 0 Å². The van der Waals surface area contributed by atoms with Gasteiger partial charge in [-0.1, -0.05) is 32.9 Å². The van der Waals surface area contributed by atoms with Gasteiger partial charge in [0.15, 0.2) is 6.54 Å². The highest BCUT2D eigenvalue weighted by atomic mass is 15.3. The summed E-state index contributed by atoms with van der Waals surface area (Å²) in [5.41, 5.74) is 4.92. The second-order valence-corrected chi connectivity index (χ2v) is 6.53. The molecule has 0 aliphatic heterocycles. The third kappa shape index (κ3) is 3.03. The predicted octanol–water partition coefficient (Wildman–Crippen LogP) is 4.09. The summed E-state index contributed by atoms with van der Waals surface area (Å²) in [6.45, 7) is 9.64. The van der Waals surface area contributed by atoms with E-state index in [-0.39, 0.29) is 0 Å². The summed E-state index contributed by atoms with van der Waals surface area (Å²) in [4.78, 5) is 4.40. The smallest absolute Gasteiger partial charge is 0.203 e. The van der Waals surface area contributed by atoms with Gasteiger partial charge in [0.05, 0.1) is 5.39 Å². The van der Waals surface area contributed by atoms with Gasteiger partial charge in [0, 0.05) is 17.8 Å². The molecule has 0 aliphatic carbocycles. The lowest BCUT2D eigenvalue weighted by Gasteiger charge is -2.06. The molecule has 0 saturated heterocycles. The molecule has 3 rings (SSSR count). The summed E-state index contributed by atoms with van der Waals surface area (Å²) in [5, 5.41) is 4.76. The molecule has 2 heterocycles. The number of rotatable bonds is 4. The molecule has 114 valence electrons. The number of aromatic amines is 1. The Hall–Kier alpha value is -2.16. The molecule has 0 spiro atoms. The minimum Gasteiger partial charge on any atom is -0.261 e. The fourth-order valence-electron chi connectivity index (χ4n) is 2.77. The average molecular weight is 294 g/mol. The number of nitrogens with zero attached hydrogens (tertiary/aromatic N) is 2. The Morgan fingerprint density at radius 2 is 1.86 bits per heavy atom. The Labute approximate surface area is 132 Å². The third-order valence-corrected chi connectivity index (χ3v) is 4.28. The number of aryl methyl sites for hydroxylation is 1. The van der Waals surface area contributed by atoms with Crippen LogP contribution >= 0.6 is 0 Å². The van der Waals surface area contributed by atoms with Gasteiger partial charge < -0.3 is 0 Å². The molecule has 3 nitrogen and oxygen atoms in total. The number of hydrogen-bond donors (Lipinski definition) is 1. The van der Waals surface area contributed by atoms with E-state index in [0.29, 0.717) is 11.8 Å². The van der Waals surface area contributed by atoms with Crippen molar-refractivity contribution in [2.24, 2.45) is 0 Å². The zero-order valence-corrected chi connectivity index (χ0v) is 13.8. The Morgan fingerprint density at radius 3 is 2.55 bits per heavy atom. The highest BCUT2D eigenvalue weighted by Crippen LogP contribution is 2.20. The average Bonchev–Trinajstić information content (AvgIpc) is 2.88. The molecule has 0 fully saturated rings. The van der Waals surface area contributed by atoms with E-state index in [2.05, 4.69) is 72.1 Å². The van der Waals surface area contributed by atoms with E-state index in [1.165, 1.54) is 22.0 Å².